The average Bonchev–Trinajstić information content (AvgIpc) is 3.10. The fraction of sp³-hybridized carbons (Fsp3) is 0.611. The van der Waals surface area contributed by atoms with Crippen LogP contribution in [0.15, 0.2) is 17.2 Å². The highest BCUT2D eigenvalue weighted by Crippen LogP contribution is 2.40. The normalized spacial score (nSPS) is 24.6. The smallest absolute Gasteiger partial charge is 0.206 e. The Hall–Kier alpha value is -1.25. The van der Waals surface area contributed by atoms with Crippen molar-refractivity contribution in [1.29, 1.82) is 0 Å². The third-order valence-electron chi connectivity index (χ3n) is 4.41. The zero-order valence-corrected chi connectivity index (χ0v) is 18.7. The quantitative estimate of drug-likeness (QED) is 0.295. The van der Waals surface area contributed by atoms with Crippen LogP contribution in [0.1, 0.15) is 33.9 Å². The van der Waals surface area contributed by atoms with Crippen molar-refractivity contribution in [3.8, 4) is 0 Å². The standard InChI is InChI=1S/C18H22Cl3N5O3/c1-8(2)27-15-14(7-23-25-22)29-17(16(15)28-9(3)4)26-13-6-11(20)10(19)5-12(13)24-18(26)21/h5-6,8-9,14-17H,7H2,1-4H3/t14-,15-,16-,17-/m1/s1. The maximum atomic E-state index is 8.77. The van der Waals surface area contributed by atoms with Gasteiger partial charge < -0.3 is 14.2 Å². The van der Waals surface area contributed by atoms with Crippen LogP contribution in [0.5, 0.6) is 0 Å². The van der Waals surface area contributed by atoms with E-state index in [2.05, 4.69) is 15.0 Å². The Morgan fingerprint density at radius 3 is 2.38 bits per heavy atom. The van der Waals surface area contributed by atoms with Crippen LogP contribution in [0.2, 0.25) is 15.3 Å². The molecule has 2 aromatic rings. The summed E-state index contributed by atoms with van der Waals surface area (Å²) in [6.45, 7) is 7.79. The Morgan fingerprint density at radius 2 is 1.76 bits per heavy atom. The van der Waals surface area contributed by atoms with Gasteiger partial charge in [-0.05, 0) is 57.0 Å². The van der Waals surface area contributed by atoms with E-state index in [1.54, 1.807) is 16.7 Å². The van der Waals surface area contributed by atoms with Crippen LogP contribution in [0.4, 0.5) is 0 Å². The van der Waals surface area contributed by atoms with Crippen LogP contribution >= 0.6 is 34.8 Å². The molecule has 1 aliphatic heterocycles. The van der Waals surface area contributed by atoms with E-state index in [4.69, 9.17) is 54.5 Å². The lowest BCUT2D eigenvalue weighted by molar-refractivity contribution is -0.111. The van der Waals surface area contributed by atoms with Crippen LogP contribution in [0.3, 0.4) is 0 Å². The van der Waals surface area contributed by atoms with E-state index in [1.165, 1.54) is 0 Å². The number of aromatic nitrogens is 2. The molecule has 158 valence electrons. The van der Waals surface area contributed by atoms with Crippen molar-refractivity contribution < 1.29 is 14.2 Å². The zero-order chi connectivity index (χ0) is 21.3. The molecule has 29 heavy (non-hydrogen) atoms. The molecular formula is C18H22Cl3N5O3. The van der Waals surface area contributed by atoms with E-state index >= 15 is 0 Å². The van der Waals surface area contributed by atoms with Gasteiger partial charge in [-0.3, -0.25) is 4.57 Å². The van der Waals surface area contributed by atoms with Crippen molar-refractivity contribution in [2.24, 2.45) is 5.11 Å². The summed E-state index contributed by atoms with van der Waals surface area (Å²) in [4.78, 5) is 7.22. The topological polar surface area (TPSA) is 94.3 Å². The summed E-state index contributed by atoms with van der Waals surface area (Å²) in [6.07, 6.45) is -2.34. The van der Waals surface area contributed by atoms with Gasteiger partial charge in [-0.1, -0.05) is 28.3 Å². The van der Waals surface area contributed by atoms with Gasteiger partial charge >= 0.3 is 0 Å². The molecule has 0 spiro atoms. The number of ether oxygens (including phenoxy) is 3. The van der Waals surface area contributed by atoms with Crippen LogP contribution in [-0.2, 0) is 14.2 Å². The molecule has 0 bridgehead atoms. The lowest BCUT2D eigenvalue weighted by Gasteiger charge is -2.28. The van der Waals surface area contributed by atoms with E-state index in [9.17, 15) is 0 Å². The lowest BCUT2D eigenvalue weighted by atomic mass is 10.1. The first-order valence-electron chi connectivity index (χ1n) is 9.22. The molecule has 3 rings (SSSR count). The Kier molecular flexibility index (Phi) is 7.17. The Balaban J connectivity index is 2.10. The number of hydrogen-bond donors (Lipinski definition) is 0. The minimum Gasteiger partial charge on any atom is -0.370 e. The highest BCUT2D eigenvalue weighted by atomic mass is 35.5. The monoisotopic (exact) mass is 461 g/mol. The SMILES string of the molecule is CC(C)O[C@@H]1[C@H](OC(C)C)[C@@H](CN=[N+]=[N-])O[C@H]1n1c(Cl)nc2cc(Cl)c(Cl)cc21. The molecule has 0 amide bonds. The van der Waals surface area contributed by atoms with E-state index in [0.29, 0.717) is 21.1 Å². The van der Waals surface area contributed by atoms with E-state index in [0.717, 1.165) is 0 Å². The minimum absolute atomic E-state index is 0.0857. The van der Waals surface area contributed by atoms with Crippen molar-refractivity contribution in [3.63, 3.8) is 0 Å². The second-order valence-corrected chi connectivity index (χ2v) is 8.44. The number of benzene rings is 1. The predicted octanol–water partition coefficient (Wildman–Crippen LogP) is 5.79. The molecule has 11 heteroatoms. The summed E-state index contributed by atoms with van der Waals surface area (Å²) >= 11 is 18.8. The van der Waals surface area contributed by atoms with Crippen molar-refractivity contribution >= 4 is 45.8 Å². The zero-order valence-electron chi connectivity index (χ0n) is 16.4. The van der Waals surface area contributed by atoms with Gasteiger partial charge in [-0.15, -0.1) is 0 Å². The fourth-order valence-electron chi connectivity index (χ4n) is 3.42. The molecule has 1 saturated heterocycles. The van der Waals surface area contributed by atoms with Gasteiger partial charge in [0.05, 0.1) is 45.9 Å². The predicted molar refractivity (Wildman–Crippen MR) is 113 cm³/mol. The molecule has 0 unspecified atom stereocenters. The molecule has 4 atom stereocenters. The van der Waals surface area contributed by atoms with E-state index in [-0.39, 0.29) is 24.0 Å². The minimum atomic E-state index is -0.658. The first-order chi connectivity index (χ1) is 13.7. The number of azide groups is 1. The van der Waals surface area contributed by atoms with Crippen molar-refractivity contribution in [2.45, 2.75) is 64.4 Å². The third kappa shape index (κ3) is 4.75. The van der Waals surface area contributed by atoms with Crippen LogP contribution in [0, 0.1) is 0 Å². The second-order valence-electron chi connectivity index (χ2n) is 7.28. The largest absolute Gasteiger partial charge is 0.370 e. The summed E-state index contributed by atoms with van der Waals surface area (Å²) in [5.41, 5.74) is 10.00. The molecule has 0 radical (unpaired) electrons. The van der Waals surface area contributed by atoms with Gasteiger partial charge in [0.25, 0.3) is 0 Å². The highest BCUT2D eigenvalue weighted by molar-refractivity contribution is 6.42. The van der Waals surface area contributed by atoms with Gasteiger partial charge in [0, 0.05) is 4.91 Å². The fourth-order valence-corrected chi connectivity index (χ4v) is 4.01. The molecule has 2 heterocycles. The van der Waals surface area contributed by atoms with Crippen molar-refractivity contribution in [1.82, 2.24) is 9.55 Å². The maximum absolute atomic E-state index is 8.77. The van der Waals surface area contributed by atoms with E-state index < -0.39 is 24.5 Å². The second kappa shape index (κ2) is 9.27. The molecular weight excluding hydrogens is 441 g/mol. The Morgan fingerprint density at radius 1 is 1.14 bits per heavy atom. The summed E-state index contributed by atoms with van der Waals surface area (Å²) in [5, 5.41) is 4.63. The molecule has 1 aromatic carbocycles. The number of imidazole rings is 1. The summed E-state index contributed by atoms with van der Waals surface area (Å²) in [5.74, 6) is 0. The molecule has 1 aliphatic rings. The Bertz CT molecular complexity index is 929. The van der Waals surface area contributed by atoms with Crippen molar-refractivity contribution in [3.05, 3.63) is 37.9 Å². The lowest BCUT2D eigenvalue weighted by Crippen LogP contribution is -2.40. The highest BCUT2D eigenvalue weighted by Gasteiger charge is 2.48. The Labute approximate surface area is 183 Å². The average molecular weight is 463 g/mol. The number of halogens is 3. The number of fused-ring (bicyclic) bond motifs is 1. The molecule has 8 nitrogen and oxygen atoms in total. The molecule has 1 aromatic heterocycles. The molecule has 0 saturated carbocycles. The van der Waals surface area contributed by atoms with Crippen LogP contribution < -0.4 is 0 Å². The molecule has 0 aliphatic carbocycles. The van der Waals surface area contributed by atoms with Gasteiger partial charge in [-0.25, -0.2) is 4.98 Å². The number of hydrogen-bond acceptors (Lipinski definition) is 5. The van der Waals surface area contributed by atoms with Gasteiger partial charge in [0.15, 0.2) is 6.23 Å². The maximum Gasteiger partial charge on any atom is 0.206 e. The summed E-state index contributed by atoms with van der Waals surface area (Å²) < 4.78 is 20.2. The van der Waals surface area contributed by atoms with Gasteiger partial charge in [0.1, 0.15) is 12.2 Å². The van der Waals surface area contributed by atoms with Crippen molar-refractivity contribution in [2.75, 3.05) is 6.54 Å². The first kappa shape index (κ1) is 22.4. The van der Waals surface area contributed by atoms with Gasteiger partial charge in [0.2, 0.25) is 5.28 Å². The first-order valence-corrected chi connectivity index (χ1v) is 10.4. The van der Waals surface area contributed by atoms with Crippen LogP contribution in [-0.4, -0.2) is 46.6 Å². The number of rotatable bonds is 7. The number of nitrogens with zero attached hydrogens (tertiary/aromatic N) is 5. The van der Waals surface area contributed by atoms with Gasteiger partial charge in [-0.2, -0.15) is 0 Å². The van der Waals surface area contributed by atoms with Crippen LogP contribution in [0.25, 0.3) is 21.5 Å². The molecule has 1 fully saturated rings. The summed E-state index contributed by atoms with van der Waals surface area (Å²) in [7, 11) is 0. The molecule has 0 N–H and O–H groups in total. The summed E-state index contributed by atoms with van der Waals surface area (Å²) in [6, 6.07) is 3.33. The van der Waals surface area contributed by atoms with E-state index in [1.807, 2.05) is 27.7 Å². The third-order valence-corrected chi connectivity index (χ3v) is 5.40.